The molecule has 4 saturated heterocycles. The van der Waals surface area contributed by atoms with Crippen molar-refractivity contribution < 1.29 is 18.9 Å². The lowest BCUT2D eigenvalue weighted by Gasteiger charge is -2.69. The molecule has 4 aliphatic rings. The fourth-order valence-corrected chi connectivity index (χ4v) is 5.69. The zero-order valence-electron chi connectivity index (χ0n) is 16.9. The average molecular weight is 370 g/mol. The van der Waals surface area contributed by atoms with E-state index in [0.29, 0.717) is 0 Å². The minimum atomic E-state index is -0.0973. The van der Waals surface area contributed by atoms with E-state index < -0.39 is 0 Å². The summed E-state index contributed by atoms with van der Waals surface area (Å²) in [5, 5.41) is 0. The number of hydrogen-bond acceptors (Lipinski definition) is 8. The predicted octanol–water partition coefficient (Wildman–Crippen LogP) is 0.207. The van der Waals surface area contributed by atoms with Crippen molar-refractivity contribution in [1.29, 1.82) is 0 Å². The van der Waals surface area contributed by atoms with E-state index in [9.17, 15) is 0 Å². The highest BCUT2D eigenvalue weighted by Gasteiger charge is 2.62. The van der Waals surface area contributed by atoms with Crippen molar-refractivity contribution in [3.8, 4) is 0 Å². The van der Waals surface area contributed by atoms with Crippen molar-refractivity contribution in [2.45, 2.75) is 57.5 Å². The molecule has 0 radical (unpaired) electrons. The third kappa shape index (κ3) is 2.66. The molecule has 150 valence electrons. The van der Waals surface area contributed by atoms with Crippen LogP contribution in [0.2, 0.25) is 0 Å². The first-order valence-electron chi connectivity index (χ1n) is 9.61. The Morgan fingerprint density at radius 3 is 1.35 bits per heavy atom. The van der Waals surface area contributed by atoms with Crippen LogP contribution < -0.4 is 0 Å². The second-order valence-electron chi connectivity index (χ2n) is 8.67. The lowest BCUT2D eigenvalue weighted by atomic mass is 9.85. The van der Waals surface area contributed by atoms with Crippen LogP contribution in [-0.2, 0) is 18.9 Å². The molecule has 8 heteroatoms. The molecule has 0 saturated carbocycles. The molecule has 0 aliphatic carbocycles. The van der Waals surface area contributed by atoms with E-state index in [2.05, 4.69) is 33.4 Å². The van der Waals surface area contributed by atoms with E-state index in [1.807, 2.05) is 0 Å². The molecule has 4 rings (SSSR count). The van der Waals surface area contributed by atoms with Crippen molar-refractivity contribution in [3.05, 3.63) is 0 Å². The second-order valence-corrected chi connectivity index (χ2v) is 8.67. The molecule has 4 aliphatic heterocycles. The largest absolute Gasteiger partial charge is 0.362 e. The van der Waals surface area contributed by atoms with Crippen LogP contribution in [0.15, 0.2) is 0 Å². The highest BCUT2D eigenvalue weighted by atomic mass is 16.6. The van der Waals surface area contributed by atoms with Crippen LogP contribution in [0.4, 0.5) is 0 Å². The first-order valence-corrected chi connectivity index (χ1v) is 9.61. The summed E-state index contributed by atoms with van der Waals surface area (Å²) in [5.41, 5.74) is 0.125. The van der Waals surface area contributed by atoms with Gasteiger partial charge < -0.3 is 18.9 Å². The van der Waals surface area contributed by atoms with Crippen LogP contribution in [0, 0.1) is 5.41 Å². The van der Waals surface area contributed by atoms with E-state index >= 15 is 0 Å². The summed E-state index contributed by atoms with van der Waals surface area (Å²) in [7, 11) is 7.16. The van der Waals surface area contributed by atoms with E-state index in [0.717, 1.165) is 32.6 Å². The van der Waals surface area contributed by atoms with Gasteiger partial charge in [0.2, 0.25) is 0 Å². The van der Waals surface area contributed by atoms with Crippen molar-refractivity contribution in [3.63, 3.8) is 0 Å². The van der Waals surface area contributed by atoms with Crippen molar-refractivity contribution >= 4 is 0 Å². The Hall–Kier alpha value is -0.320. The number of hydrogen-bond donors (Lipinski definition) is 0. The minimum Gasteiger partial charge on any atom is -0.362 e. The summed E-state index contributed by atoms with van der Waals surface area (Å²) in [6.45, 7) is 8.58. The third-order valence-corrected chi connectivity index (χ3v) is 6.44. The first kappa shape index (κ1) is 19.0. The smallest absolute Gasteiger partial charge is 0.151 e. The summed E-state index contributed by atoms with van der Waals surface area (Å²) in [4.78, 5) is 9.88. The number of piperazine rings is 2. The summed E-state index contributed by atoms with van der Waals surface area (Å²) >= 11 is 0. The normalized spacial score (nSPS) is 44.1. The first-order chi connectivity index (χ1) is 12.5. The Morgan fingerprint density at radius 1 is 0.615 bits per heavy atom. The van der Waals surface area contributed by atoms with Crippen LogP contribution in [0.5, 0.6) is 0 Å². The fourth-order valence-electron chi connectivity index (χ4n) is 5.69. The molecule has 0 bridgehead atoms. The second kappa shape index (κ2) is 6.93. The molecule has 26 heavy (non-hydrogen) atoms. The molecular weight excluding hydrogens is 336 g/mol. The maximum atomic E-state index is 5.98. The summed E-state index contributed by atoms with van der Waals surface area (Å²) in [6.07, 6.45) is 1.14. The van der Waals surface area contributed by atoms with Gasteiger partial charge in [-0.05, 0) is 11.8 Å². The molecular formula is C18H34N4O4. The predicted molar refractivity (Wildman–Crippen MR) is 96.0 cm³/mol. The lowest BCUT2D eigenvalue weighted by Crippen LogP contribution is -2.86. The number of methoxy groups -OCH3 is 4. The SMILES string of the molecule is CO[C@@H]1[C@@H](OC)N2CC(C)(C)CN3C2C2N1CCCN2[C@@H](OC)[C@@H]3OC. The Balaban J connectivity index is 1.81. The molecule has 4 heterocycles. The van der Waals surface area contributed by atoms with Crippen LogP contribution >= 0.6 is 0 Å². The van der Waals surface area contributed by atoms with Gasteiger partial charge in [0.25, 0.3) is 0 Å². The van der Waals surface area contributed by atoms with Crippen molar-refractivity contribution in [2.75, 3.05) is 54.6 Å². The third-order valence-electron chi connectivity index (χ3n) is 6.44. The summed E-state index contributed by atoms with van der Waals surface area (Å²) in [6, 6.07) is 0. The summed E-state index contributed by atoms with van der Waals surface area (Å²) < 4.78 is 23.9. The van der Waals surface area contributed by atoms with Crippen LogP contribution in [-0.4, -0.2) is 111 Å². The molecule has 0 aromatic heterocycles. The van der Waals surface area contributed by atoms with Gasteiger partial charge in [-0.1, -0.05) is 13.8 Å². The zero-order chi connectivity index (χ0) is 18.6. The van der Waals surface area contributed by atoms with E-state index in [1.165, 1.54) is 0 Å². The Labute approximate surface area is 156 Å². The zero-order valence-corrected chi connectivity index (χ0v) is 16.9. The Morgan fingerprint density at radius 2 is 0.962 bits per heavy atom. The molecule has 0 spiro atoms. The fraction of sp³-hybridized carbons (Fsp3) is 1.00. The van der Waals surface area contributed by atoms with Crippen LogP contribution in [0.25, 0.3) is 0 Å². The molecule has 6 atom stereocenters. The Bertz CT molecular complexity index is 481. The van der Waals surface area contributed by atoms with Gasteiger partial charge in [0.15, 0.2) is 24.9 Å². The van der Waals surface area contributed by atoms with Crippen molar-refractivity contribution in [1.82, 2.24) is 19.6 Å². The maximum absolute atomic E-state index is 5.98. The van der Waals surface area contributed by atoms with E-state index in [1.54, 1.807) is 28.4 Å². The highest BCUT2D eigenvalue weighted by Crippen LogP contribution is 2.45. The van der Waals surface area contributed by atoms with Gasteiger partial charge >= 0.3 is 0 Å². The van der Waals surface area contributed by atoms with Crippen LogP contribution in [0.3, 0.4) is 0 Å². The molecule has 0 N–H and O–H groups in total. The molecule has 4 fully saturated rings. The van der Waals surface area contributed by atoms with Crippen molar-refractivity contribution in [2.24, 2.45) is 5.41 Å². The minimum absolute atomic E-state index is 0.0867. The topological polar surface area (TPSA) is 49.9 Å². The van der Waals surface area contributed by atoms with Gasteiger partial charge in [-0.3, -0.25) is 19.6 Å². The van der Waals surface area contributed by atoms with E-state index in [4.69, 9.17) is 18.9 Å². The lowest BCUT2D eigenvalue weighted by molar-refractivity contribution is -0.368. The van der Waals surface area contributed by atoms with Gasteiger partial charge in [0.05, 0.1) is 12.3 Å². The number of ether oxygens (including phenoxy) is 4. The standard InChI is InChI=1S/C18H34N4O4/c1-18(2)10-21-13-12-19(14(23-3)16(21)25-5)8-7-9-20(12)15(24-4)17(26-6)22(13)11-18/h12-17H,7-11H2,1-6H3/t12?,13?,14-,15+,16-,17+. The molecule has 0 aromatic rings. The van der Waals surface area contributed by atoms with Crippen LogP contribution in [0.1, 0.15) is 20.3 Å². The Kier molecular flexibility index (Phi) is 5.07. The molecule has 0 amide bonds. The number of nitrogens with zero attached hydrogens (tertiary/aromatic N) is 4. The monoisotopic (exact) mass is 370 g/mol. The van der Waals surface area contributed by atoms with Gasteiger partial charge in [-0.25, -0.2) is 0 Å². The quantitative estimate of drug-likeness (QED) is 0.696. The van der Waals surface area contributed by atoms with Gasteiger partial charge in [-0.15, -0.1) is 0 Å². The van der Waals surface area contributed by atoms with Gasteiger partial charge in [-0.2, -0.15) is 0 Å². The maximum Gasteiger partial charge on any atom is 0.151 e. The molecule has 2 unspecified atom stereocenters. The molecule has 0 aromatic carbocycles. The van der Waals surface area contributed by atoms with E-state index in [-0.39, 0.29) is 42.7 Å². The van der Waals surface area contributed by atoms with Gasteiger partial charge in [0, 0.05) is 54.6 Å². The van der Waals surface area contributed by atoms with Gasteiger partial charge in [0.1, 0.15) is 0 Å². The highest BCUT2D eigenvalue weighted by molar-refractivity contribution is 5.07. The number of rotatable bonds is 4. The molecule has 8 nitrogen and oxygen atoms in total. The average Bonchev–Trinajstić information content (AvgIpc) is 2.62. The summed E-state index contributed by atoms with van der Waals surface area (Å²) in [5.74, 6) is 0.